The van der Waals surface area contributed by atoms with Crippen molar-refractivity contribution in [1.29, 1.82) is 0 Å². The lowest BCUT2D eigenvalue weighted by atomic mass is 10.1. The van der Waals surface area contributed by atoms with E-state index in [1.807, 2.05) is 6.07 Å². The maximum Gasteiger partial charge on any atom is 0.266 e. The van der Waals surface area contributed by atoms with Gasteiger partial charge in [-0.25, -0.2) is 4.99 Å². The SMILES string of the molecule is C=CCc1cc(/C=C2/SC(=Nc3ccc(Cl)cc3)N(C)C2=O)cc(OC)c1O. The highest BCUT2D eigenvalue weighted by Crippen LogP contribution is 2.36. The van der Waals surface area contributed by atoms with Gasteiger partial charge in [0.15, 0.2) is 16.7 Å². The summed E-state index contributed by atoms with van der Waals surface area (Å²) >= 11 is 7.19. The number of phenolic OH excluding ortho intramolecular Hbond substituents is 1. The first-order chi connectivity index (χ1) is 13.4. The van der Waals surface area contributed by atoms with Crippen molar-refractivity contribution in [2.75, 3.05) is 14.2 Å². The number of likely N-dealkylation sites (N-methyl/N-ethyl adjacent to an activating group) is 1. The Kier molecular flexibility index (Phi) is 6.11. The van der Waals surface area contributed by atoms with Crippen LogP contribution in [-0.4, -0.2) is 35.2 Å². The average molecular weight is 415 g/mol. The highest BCUT2D eigenvalue weighted by atomic mass is 35.5. The van der Waals surface area contributed by atoms with E-state index < -0.39 is 0 Å². The number of rotatable bonds is 5. The summed E-state index contributed by atoms with van der Waals surface area (Å²) in [7, 11) is 3.18. The second-order valence-electron chi connectivity index (χ2n) is 6.07. The molecule has 144 valence electrons. The van der Waals surface area contributed by atoms with Gasteiger partial charge in [0.25, 0.3) is 5.91 Å². The molecule has 7 heteroatoms. The van der Waals surface area contributed by atoms with Gasteiger partial charge in [-0.2, -0.15) is 0 Å². The highest BCUT2D eigenvalue weighted by molar-refractivity contribution is 8.18. The molecule has 1 heterocycles. The molecule has 0 bridgehead atoms. The van der Waals surface area contributed by atoms with E-state index in [2.05, 4.69) is 11.6 Å². The van der Waals surface area contributed by atoms with Crippen LogP contribution in [0.2, 0.25) is 5.02 Å². The quantitative estimate of drug-likeness (QED) is 0.551. The number of amides is 1. The van der Waals surface area contributed by atoms with Crippen molar-refractivity contribution in [2.45, 2.75) is 6.42 Å². The van der Waals surface area contributed by atoms with Gasteiger partial charge < -0.3 is 9.84 Å². The van der Waals surface area contributed by atoms with Crippen molar-refractivity contribution < 1.29 is 14.6 Å². The lowest BCUT2D eigenvalue weighted by Crippen LogP contribution is -2.23. The van der Waals surface area contributed by atoms with E-state index in [1.165, 1.54) is 23.8 Å². The molecule has 28 heavy (non-hydrogen) atoms. The van der Waals surface area contributed by atoms with E-state index in [1.54, 1.807) is 49.5 Å². The van der Waals surface area contributed by atoms with Crippen LogP contribution in [0.25, 0.3) is 6.08 Å². The van der Waals surface area contributed by atoms with E-state index >= 15 is 0 Å². The maximum atomic E-state index is 12.6. The average Bonchev–Trinajstić information content (AvgIpc) is 2.94. The number of aliphatic imine (C=N–C) groups is 1. The summed E-state index contributed by atoms with van der Waals surface area (Å²) in [6.45, 7) is 3.71. The largest absolute Gasteiger partial charge is 0.504 e. The van der Waals surface area contributed by atoms with Gasteiger partial charge in [-0.1, -0.05) is 17.7 Å². The molecule has 1 N–H and O–H groups in total. The number of amidine groups is 1. The zero-order chi connectivity index (χ0) is 20.3. The molecular formula is C21H19ClN2O3S. The fourth-order valence-corrected chi connectivity index (χ4v) is 3.78. The normalized spacial score (nSPS) is 16.8. The second kappa shape index (κ2) is 8.54. The predicted molar refractivity (Wildman–Crippen MR) is 115 cm³/mol. The Balaban J connectivity index is 1.94. The maximum absolute atomic E-state index is 12.6. The minimum Gasteiger partial charge on any atom is -0.504 e. The van der Waals surface area contributed by atoms with Gasteiger partial charge in [-0.15, -0.1) is 6.58 Å². The molecule has 1 aliphatic heterocycles. The number of hydrogen-bond acceptors (Lipinski definition) is 5. The third-order valence-corrected chi connectivity index (χ3v) is 5.43. The van der Waals surface area contributed by atoms with E-state index in [4.69, 9.17) is 16.3 Å². The number of thioether (sulfide) groups is 1. The molecular weight excluding hydrogens is 396 g/mol. The minimum absolute atomic E-state index is 0.0806. The zero-order valence-corrected chi connectivity index (χ0v) is 17.0. The van der Waals surface area contributed by atoms with Crippen LogP contribution in [0.3, 0.4) is 0 Å². The molecule has 1 saturated heterocycles. The molecule has 0 spiro atoms. The summed E-state index contributed by atoms with van der Waals surface area (Å²) in [6.07, 6.45) is 3.96. The summed E-state index contributed by atoms with van der Waals surface area (Å²) < 4.78 is 5.24. The van der Waals surface area contributed by atoms with Gasteiger partial charge in [0.2, 0.25) is 0 Å². The number of carbonyl (C=O) groups is 1. The van der Waals surface area contributed by atoms with Crippen LogP contribution in [-0.2, 0) is 11.2 Å². The molecule has 0 aliphatic carbocycles. The lowest BCUT2D eigenvalue weighted by Gasteiger charge is -2.09. The molecule has 2 aromatic carbocycles. The van der Waals surface area contributed by atoms with Crippen molar-refractivity contribution in [3.63, 3.8) is 0 Å². The molecule has 0 unspecified atom stereocenters. The molecule has 1 amide bonds. The van der Waals surface area contributed by atoms with Crippen LogP contribution in [0.15, 0.2) is 59.0 Å². The van der Waals surface area contributed by atoms with Crippen LogP contribution in [0.1, 0.15) is 11.1 Å². The second-order valence-corrected chi connectivity index (χ2v) is 7.51. The van der Waals surface area contributed by atoms with Crippen molar-refractivity contribution >= 4 is 46.2 Å². The molecule has 0 atom stereocenters. The van der Waals surface area contributed by atoms with Crippen LogP contribution in [0.5, 0.6) is 11.5 Å². The predicted octanol–water partition coefficient (Wildman–Crippen LogP) is 5.02. The number of methoxy groups -OCH3 is 1. The number of benzene rings is 2. The monoisotopic (exact) mass is 414 g/mol. The van der Waals surface area contributed by atoms with Crippen molar-refractivity contribution in [3.05, 3.63) is 70.1 Å². The number of allylic oxidation sites excluding steroid dienone is 1. The summed E-state index contributed by atoms with van der Waals surface area (Å²) in [6, 6.07) is 10.6. The topological polar surface area (TPSA) is 62.1 Å². The van der Waals surface area contributed by atoms with Gasteiger partial charge in [0, 0.05) is 17.6 Å². The summed E-state index contributed by atoms with van der Waals surface area (Å²) in [5.74, 6) is 0.289. The van der Waals surface area contributed by atoms with Crippen LogP contribution in [0, 0.1) is 0 Å². The fraction of sp³-hybridized carbons (Fsp3) is 0.143. The number of hydrogen-bond donors (Lipinski definition) is 1. The molecule has 1 aliphatic rings. The number of ether oxygens (including phenoxy) is 1. The lowest BCUT2D eigenvalue weighted by molar-refractivity contribution is -0.121. The van der Waals surface area contributed by atoms with Crippen molar-refractivity contribution in [1.82, 2.24) is 4.90 Å². The third kappa shape index (κ3) is 4.24. The Labute approximate surface area is 173 Å². The molecule has 1 fully saturated rings. The van der Waals surface area contributed by atoms with Crippen molar-refractivity contribution in [3.8, 4) is 11.5 Å². The molecule has 0 radical (unpaired) electrons. The summed E-state index contributed by atoms with van der Waals surface area (Å²) in [4.78, 5) is 19.2. The van der Waals surface area contributed by atoms with Gasteiger partial charge >= 0.3 is 0 Å². The Morgan fingerprint density at radius 1 is 1.32 bits per heavy atom. The zero-order valence-electron chi connectivity index (χ0n) is 15.5. The Morgan fingerprint density at radius 2 is 2.04 bits per heavy atom. The Morgan fingerprint density at radius 3 is 2.68 bits per heavy atom. The van der Waals surface area contributed by atoms with Gasteiger partial charge in [0.1, 0.15) is 0 Å². The molecule has 3 rings (SSSR count). The van der Waals surface area contributed by atoms with Gasteiger partial charge in [-0.3, -0.25) is 9.69 Å². The number of halogens is 1. The molecule has 0 aromatic heterocycles. The summed E-state index contributed by atoms with van der Waals surface area (Å²) in [5.41, 5.74) is 2.15. The van der Waals surface area contributed by atoms with E-state index in [0.717, 1.165) is 5.56 Å². The first-order valence-electron chi connectivity index (χ1n) is 8.45. The third-order valence-electron chi connectivity index (χ3n) is 4.11. The molecule has 2 aromatic rings. The Hall–Kier alpha value is -2.70. The Bertz CT molecular complexity index is 984. The van der Waals surface area contributed by atoms with E-state index in [0.29, 0.717) is 38.5 Å². The summed E-state index contributed by atoms with van der Waals surface area (Å²) in [5, 5.41) is 11.4. The minimum atomic E-state index is -0.143. The van der Waals surface area contributed by atoms with Crippen molar-refractivity contribution in [2.24, 2.45) is 4.99 Å². The highest BCUT2D eigenvalue weighted by Gasteiger charge is 2.30. The van der Waals surface area contributed by atoms with Gasteiger partial charge in [0.05, 0.1) is 17.7 Å². The number of phenols is 1. The smallest absolute Gasteiger partial charge is 0.266 e. The first kappa shape index (κ1) is 20.0. The van der Waals surface area contributed by atoms with E-state index in [9.17, 15) is 9.90 Å². The first-order valence-corrected chi connectivity index (χ1v) is 9.65. The van der Waals surface area contributed by atoms with Crippen LogP contribution >= 0.6 is 23.4 Å². The van der Waals surface area contributed by atoms with Gasteiger partial charge in [-0.05, 0) is 66.2 Å². The van der Waals surface area contributed by atoms with E-state index in [-0.39, 0.29) is 11.7 Å². The van der Waals surface area contributed by atoms with Crippen LogP contribution in [0.4, 0.5) is 5.69 Å². The number of nitrogens with zero attached hydrogens (tertiary/aromatic N) is 2. The molecule has 5 nitrogen and oxygen atoms in total. The van der Waals surface area contributed by atoms with Crippen LogP contribution < -0.4 is 4.74 Å². The standard InChI is InChI=1S/C21H19ClN2O3S/c1-4-5-14-10-13(11-17(27-3)19(14)25)12-18-20(26)24(2)21(28-18)23-16-8-6-15(22)7-9-16/h4,6-12,25H,1,5H2,2-3H3/b18-12+,23-21?. The number of carbonyl (C=O) groups excluding carboxylic acids is 1. The number of aromatic hydroxyl groups is 1. The fourth-order valence-electron chi connectivity index (χ4n) is 2.67. The molecule has 0 saturated carbocycles.